The lowest BCUT2D eigenvalue weighted by Crippen LogP contribution is -2.66. The Morgan fingerprint density at radius 3 is 2.63 bits per heavy atom. The molecule has 0 aliphatic carbocycles. The summed E-state index contributed by atoms with van der Waals surface area (Å²) < 4.78 is 1.82. The Labute approximate surface area is 223 Å². The fraction of sp³-hybridized carbons (Fsp3) is 0.280. The molecule has 1 amide bonds. The van der Waals surface area contributed by atoms with Crippen molar-refractivity contribution in [2.45, 2.75) is 32.4 Å². The third-order valence-corrected chi connectivity index (χ3v) is 9.13. The molecular weight excluding hydrogens is 530 g/mol. The van der Waals surface area contributed by atoms with E-state index in [0.717, 1.165) is 10.4 Å². The van der Waals surface area contributed by atoms with Crippen molar-refractivity contribution >= 4 is 50.6 Å². The second-order valence-electron chi connectivity index (χ2n) is 9.74. The average Bonchev–Trinajstić information content (AvgIpc) is 3.61. The first-order valence-corrected chi connectivity index (χ1v) is 13.5. The van der Waals surface area contributed by atoms with Crippen molar-refractivity contribution in [3.8, 4) is 11.4 Å². The van der Waals surface area contributed by atoms with E-state index >= 15 is 0 Å². The van der Waals surface area contributed by atoms with E-state index in [1.807, 2.05) is 22.9 Å². The summed E-state index contributed by atoms with van der Waals surface area (Å²) in [4.78, 5) is 48.0. The van der Waals surface area contributed by atoms with Crippen LogP contribution in [0.3, 0.4) is 0 Å². The molecular formula is C25H21N5O6S2. The largest absolute Gasteiger partial charge is 0.477 e. The molecule has 4 atom stereocenters. The minimum absolute atomic E-state index is 0.0508. The number of nitro benzene ring substituents is 1. The van der Waals surface area contributed by atoms with Gasteiger partial charge in [0.2, 0.25) is 5.91 Å². The van der Waals surface area contributed by atoms with Gasteiger partial charge in [0, 0.05) is 34.7 Å². The number of carboxylic acids is 1. The number of hydrogen-bond donors (Lipinski definition) is 2. The number of β-lactam (4-membered cyclic amide) rings is 1. The minimum Gasteiger partial charge on any atom is -0.477 e. The maximum atomic E-state index is 13.1. The number of aliphatic hydroxyl groups excluding tert-OH is 1. The van der Waals surface area contributed by atoms with Crippen LogP contribution in [0.1, 0.15) is 24.3 Å². The number of aromatic nitrogens is 3. The van der Waals surface area contributed by atoms with Crippen LogP contribution in [-0.2, 0) is 16.0 Å². The van der Waals surface area contributed by atoms with Crippen LogP contribution in [0.5, 0.6) is 0 Å². The SMILES string of the molecule is C[C@@H](O)[C@H]1C(=O)N2C(C(=O)O)=C(c3cn4cnc(-c5cscn5)c4s3)[C@](C)(Cc3ccc([N+](=O)[O-])cc3)[C@@H]12. The number of amides is 1. The predicted octanol–water partition coefficient (Wildman–Crippen LogP) is 3.69. The number of carbonyl (C=O) groups excluding carboxylic acids is 1. The van der Waals surface area contributed by atoms with Gasteiger partial charge in [-0.05, 0) is 18.9 Å². The number of hydrogen-bond acceptors (Lipinski definition) is 9. The third kappa shape index (κ3) is 3.42. The van der Waals surface area contributed by atoms with Crippen molar-refractivity contribution < 1.29 is 24.7 Å². The number of thiazole rings is 2. The second kappa shape index (κ2) is 8.55. The first-order chi connectivity index (χ1) is 18.1. The van der Waals surface area contributed by atoms with E-state index in [9.17, 15) is 29.9 Å². The fourth-order valence-electron chi connectivity index (χ4n) is 5.83. The molecule has 38 heavy (non-hydrogen) atoms. The molecule has 2 N–H and O–H groups in total. The Hall–Kier alpha value is -3.94. The smallest absolute Gasteiger partial charge is 0.352 e. The number of fused-ring (bicyclic) bond motifs is 2. The number of aliphatic hydroxyl groups is 1. The number of carbonyl (C=O) groups is 2. The molecule has 0 saturated carbocycles. The molecule has 0 bridgehead atoms. The van der Waals surface area contributed by atoms with Gasteiger partial charge in [-0.25, -0.2) is 14.8 Å². The van der Waals surface area contributed by atoms with Gasteiger partial charge in [-0.2, -0.15) is 0 Å². The summed E-state index contributed by atoms with van der Waals surface area (Å²) in [7, 11) is 0. The number of rotatable bonds is 7. The average molecular weight is 552 g/mol. The summed E-state index contributed by atoms with van der Waals surface area (Å²) in [6, 6.07) is 5.51. The van der Waals surface area contributed by atoms with Gasteiger partial charge in [0.25, 0.3) is 5.69 Å². The molecule has 6 rings (SSSR count). The van der Waals surface area contributed by atoms with Crippen LogP contribution in [0.2, 0.25) is 0 Å². The quantitative estimate of drug-likeness (QED) is 0.200. The van der Waals surface area contributed by atoms with E-state index in [-0.39, 0.29) is 11.4 Å². The molecule has 3 aromatic heterocycles. The number of nitrogens with zero attached hydrogens (tertiary/aromatic N) is 5. The van der Waals surface area contributed by atoms with Gasteiger partial charge in [-0.1, -0.05) is 19.1 Å². The zero-order valence-electron chi connectivity index (χ0n) is 20.1. The topological polar surface area (TPSA) is 151 Å². The molecule has 2 aliphatic heterocycles. The van der Waals surface area contributed by atoms with Gasteiger partial charge in [-0.3, -0.25) is 19.3 Å². The van der Waals surface area contributed by atoms with E-state index in [1.165, 1.54) is 46.6 Å². The molecule has 1 fully saturated rings. The molecule has 0 spiro atoms. The second-order valence-corrected chi connectivity index (χ2v) is 11.5. The van der Waals surface area contributed by atoms with Gasteiger partial charge in [-0.15, -0.1) is 22.7 Å². The normalized spacial score (nSPS) is 23.6. The van der Waals surface area contributed by atoms with Crippen LogP contribution < -0.4 is 0 Å². The van der Waals surface area contributed by atoms with Crippen LogP contribution in [0, 0.1) is 21.4 Å². The van der Waals surface area contributed by atoms with E-state index < -0.39 is 40.3 Å². The number of non-ortho nitro benzene ring substituents is 1. The molecule has 11 nitrogen and oxygen atoms in total. The van der Waals surface area contributed by atoms with Crippen molar-refractivity contribution in [3.05, 3.63) is 73.9 Å². The molecule has 4 aromatic rings. The monoisotopic (exact) mass is 551 g/mol. The van der Waals surface area contributed by atoms with Crippen LogP contribution in [0.4, 0.5) is 5.69 Å². The van der Waals surface area contributed by atoms with E-state index in [1.54, 1.807) is 24.0 Å². The zero-order chi connectivity index (χ0) is 26.9. The van der Waals surface area contributed by atoms with E-state index in [0.29, 0.717) is 28.3 Å². The summed E-state index contributed by atoms with van der Waals surface area (Å²) in [6.07, 6.45) is 2.78. The highest BCUT2D eigenvalue weighted by Gasteiger charge is 2.66. The van der Waals surface area contributed by atoms with Gasteiger partial charge in [0.05, 0.1) is 33.4 Å². The van der Waals surface area contributed by atoms with Crippen LogP contribution >= 0.6 is 22.7 Å². The van der Waals surface area contributed by atoms with Gasteiger partial charge in [0.1, 0.15) is 28.2 Å². The molecule has 194 valence electrons. The zero-order valence-corrected chi connectivity index (χ0v) is 21.8. The maximum Gasteiger partial charge on any atom is 0.352 e. The Morgan fingerprint density at radius 2 is 2.03 bits per heavy atom. The molecule has 13 heteroatoms. The molecule has 0 radical (unpaired) electrons. The number of carboxylic acid groups (broad SMARTS) is 1. The van der Waals surface area contributed by atoms with Gasteiger partial charge in [0.15, 0.2) is 0 Å². The van der Waals surface area contributed by atoms with Crippen LogP contribution in [-0.4, -0.2) is 58.4 Å². The predicted molar refractivity (Wildman–Crippen MR) is 139 cm³/mol. The Balaban J connectivity index is 1.53. The summed E-state index contributed by atoms with van der Waals surface area (Å²) >= 11 is 2.81. The molecule has 0 unspecified atom stereocenters. The first-order valence-electron chi connectivity index (χ1n) is 11.7. The summed E-state index contributed by atoms with van der Waals surface area (Å²) in [6.45, 7) is 3.43. The van der Waals surface area contributed by atoms with Crippen LogP contribution in [0.15, 0.2) is 53.4 Å². The van der Waals surface area contributed by atoms with Crippen molar-refractivity contribution in [1.29, 1.82) is 0 Å². The Bertz CT molecular complexity index is 1640. The highest BCUT2D eigenvalue weighted by Crippen LogP contribution is 2.59. The van der Waals surface area contributed by atoms with Gasteiger partial charge >= 0.3 is 5.97 Å². The highest BCUT2D eigenvalue weighted by molar-refractivity contribution is 7.19. The van der Waals surface area contributed by atoms with Crippen molar-refractivity contribution in [1.82, 2.24) is 19.3 Å². The minimum atomic E-state index is -1.23. The standard InChI is InChI=1S/C25H21N5O6S2/c1-12(31)17-21-25(2,7-13-3-5-14(6-4-13)30(35)36)18(20(24(33)34)29(21)22(17)32)16-8-28-10-26-19(23(28)38-16)15-9-37-11-27-15/h3-6,8-12,17,21,31H,7H2,1-2H3,(H,33,34)/t12-,17-,21-,25+/m1/s1. The molecule has 1 saturated heterocycles. The lowest BCUT2D eigenvalue weighted by atomic mass is 9.64. The molecule has 5 heterocycles. The summed E-state index contributed by atoms with van der Waals surface area (Å²) in [5, 5.41) is 33.9. The van der Waals surface area contributed by atoms with E-state index in [2.05, 4.69) is 9.97 Å². The lowest BCUT2D eigenvalue weighted by molar-refractivity contribution is -0.384. The maximum absolute atomic E-state index is 13.1. The number of nitro groups is 1. The number of aliphatic carboxylic acids is 1. The highest BCUT2D eigenvalue weighted by atomic mass is 32.1. The third-order valence-electron chi connectivity index (χ3n) is 7.42. The number of imidazole rings is 1. The fourth-order valence-corrected chi connectivity index (χ4v) is 7.63. The van der Waals surface area contributed by atoms with Gasteiger partial charge < -0.3 is 15.1 Å². The van der Waals surface area contributed by atoms with Crippen molar-refractivity contribution in [2.75, 3.05) is 0 Å². The summed E-state index contributed by atoms with van der Waals surface area (Å²) in [5.41, 5.74) is 3.28. The number of benzene rings is 1. The summed E-state index contributed by atoms with van der Waals surface area (Å²) in [5.74, 6) is -2.44. The molecule has 2 aliphatic rings. The van der Waals surface area contributed by atoms with Crippen molar-refractivity contribution in [3.63, 3.8) is 0 Å². The molecule has 1 aromatic carbocycles. The van der Waals surface area contributed by atoms with Crippen LogP contribution in [0.25, 0.3) is 21.8 Å². The first kappa shape index (κ1) is 24.4. The lowest BCUT2D eigenvalue weighted by Gasteiger charge is -2.51. The Kier molecular flexibility index (Phi) is 5.49. The van der Waals surface area contributed by atoms with E-state index in [4.69, 9.17) is 0 Å². The van der Waals surface area contributed by atoms with Crippen molar-refractivity contribution in [2.24, 2.45) is 11.3 Å². The Morgan fingerprint density at radius 1 is 1.29 bits per heavy atom.